The number of carboxylic acid groups (broad SMARTS) is 1. The van der Waals surface area contributed by atoms with Gasteiger partial charge in [0.1, 0.15) is 0 Å². The van der Waals surface area contributed by atoms with Crippen LogP contribution in [0.5, 0.6) is 0 Å². The maximum absolute atomic E-state index is 10.4. The van der Waals surface area contributed by atoms with Gasteiger partial charge in [0.05, 0.1) is 6.61 Å². The molecule has 88 valence electrons. The predicted octanol–water partition coefficient (Wildman–Crippen LogP) is -0.205. The molecule has 0 rings (SSSR count). The average Bonchev–Trinajstić information content (AvgIpc) is 2.20. The zero-order valence-electron chi connectivity index (χ0n) is 9.45. The minimum Gasteiger partial charge on any atom is -0.478 e. The summed E-state index contributed by atoms with van der Waals surface area (Å²) in [4.78, 5) is 12.5. The smallest absolute Gasteiger partial charge is 0.332 e. The molecule has 0 aromatic heterocycles. The second-order valence-electron chi connectivity index (χ2n) is 3.38. The van der Waals surface area contributed by atoms with E-state index in [1.165, 1.54) is 0 Å². The molecule has 2 N–H and O–H groups in total. The molecule has 0 heterocycles. The van der Waals surface area contributed by atoms with Crippen molar-refractivity contribution >= 4 is 5.97 Å². The molecule has 0 atom stereocenters. The van der Waals surface area contributed by atoms with Crippen LogP contribution in [-0.4, -0.2) is 62.9 Å². The van der Waals surface area contributed by atoms with Crippen LogP contribution in [-0.2, 0) is 9.53 Å². The fourth-order valence-electron chi connectivity index (χ4n) is 0.944. The molecule has 0 bridgehead atoms. The second-order valence-corrected chi connectivity index (χ2v) is 3.38. The molecule has 0 saturated carbocycles. The van der Waals surface area contributed by atoms with Crippen LogP contribution in [0.3, 0.4) is 0 Å². The van der Waals surface area contributed by atoms with Crippen molar-refractivity contribution in [3.63, 3.8) is 0 Å². The molecule has 0 aliphatic carbocycles. The standard InChI is InChI=1S/C10H20N2O3/c1-9(10(13)14)8-11-4-5-12(2)6-7-15-3/h11H,1,4-8H2,2-3H3,(H,13,14). The summed E-state index contributed by atoms with van der Waals surface area (Å²) in [6.07, 6.45) is 0. The van der Waals surface area contributed by atoms with E-state index >= 15 is 0 Å². The predicted molar refractivity (Wildman–Crippen MR) is 59.0 cm³/mol. The number of aliphatic carboxylic acids is 1. The number of hydrogen-bond acceptors (Lipinski definition) is 4. The van der Waals surface area contributed by atoms with E-state index in [4.69, 9.17) is 9.84 Å². The molecule has 0 amide bonds. The van der Waals surface area contributed by atoms with E-state index in [9.17, 15) is 4.79 Å². The van der Waals surface area contributed by atoms with Gasteiger partial charge in [-0.2, -0.15) is 0 Å². The van der Waals surface area contributed by atoms with Gasteiger partial charge in [-0.1, -0.05) is 6.58 Å². The van der Waals surface area contributed by atoms with E-state index < -0.39 is 5.97 Å². The molecule has 0 spiro atoms. The van der Waals surface area contributed by atoms with E-state index in [2.05, 4.69) is 16.8 Å². The van der Waals surface area contributed by atoms with Crippen LogP contribution in [0.2, 0.25) is 0 Å². The Morgan fingerprint density at radius 1 is 1.53 bits per heavy atom. The normalized spacial score (nSPS) is 10.6. The van der Waals surface area contributed by atoms with Gasteiger partial charge in [-0.25, -0.2) is 4.79 Å². The highest BCUT2D eigenvalue weighted by Crippen LogP contribution is 1.86. The Bertz CT molecular complexity index is 207. The summed E-state index contributed by atoms with van der Waals surface area (Å²) in [6, 6.07) is 0. The highest BCUT2D eigenvalue weighted by Gasteiger charge is 2.02. The van der Waals surface area contributed by atoms with Gasteiger partial charge in [0.15, 0.2) is 0 Å². The monoisotopic (exact) mass is 216 g/mol. The number of nitrogens with one attached hydrogen (secondary N) is 1. The van der Waals surface area contributed by atoms with Crippen molar-refractivity contribution in [3.05, 3.63) is 12.2 Å². The molecule has 0 fully saturated rings. The zero-order chi connectivity index (χ0) is 11.7. The van der Waals surface area contributed by atoms with E-state index in [0.717, 1.165) is 19.6 Å². The van der Waals surface area contributed by atoms with Crippen molar-refractivity contribution in [3.8, 4) is 0 Å². The molecule has 0 unspecified atom stereocenters. The molecule has 0 aromatic rings. The topological polar surface area (TPSA) is 61.8 Å². The third-order valence-electron chi connectivity index (χ3n) is 1.99. The molecule has 15 heavy (non-hydrogen) atoms. The van der Waals surface area contributed by atoms with Crippen LogP contribution < -0.4 is 5.32 Å². The van der Waals surface area contributed by atoms with Crippen LogP contribution >= 0.6 is 0 Å². The minimum absolute atomic E-state index is 0.189. The maximum Gasteiger partial charge on any atom is 0.332 e. The first kappa shape index (κ1) is 14.1. The number of rotatable bonds is 9. The van der Waals surface area contributed by atoms with E-state index in [1.54, 1.807) is 7.11 Å². The second kappa shape index (κ2) is 8.40. The largest absolute Gasteiger partial charge is 0.478 e. The van der Waals surface area contributed by atoms with Gasteiger partial charge in [-0.3, -0.25) is 0 Å². The summed E-state index contributed by atoms with van der Waals surface area (Å²) in [5, 5.41) is 11.6. The van der Waals surface area contributed by atoms with Crippen LogP contribution in [0.4, 0.5) is 0 Å². The minimum atomic E-state index is -0.949. The summed E-state index contributed by atoms with van der Waals surface area (Å²) in [5.74, 6) is -0.949. The van der Waals surface area contributed by atoms with Gasteiger partial charge in [-0.15, -0.1) is 0 Å². The number of nitrogens with zero attached hydrogens (tertiary/aromatic N) is 1. The van der Waals surface area contributed by atoms with Crippen molar-refractivity contribution in [1.82, 2.24) is 10.2 Å². The summed E-state index contributed by atoms with van der Waals surface area (Å²) in [7, 11) is 3.66. The molecular formula is C10H20N2O3. The lowest BCUT2D eigenvalue weighted by molar-refractivity contribution is -0.132. The van der Waals surface area contributed by atoms with Gasteiger partial charge in [-0.05, 0) is 7.05 Å². The summed E-state index contributed by atoms with van der Waals surface area (Å²) >= 11 is 0. The number of carboxylic acids is 1. The lowest BCUT2D eigenvalue weighted by atomic mass is 10.3. The maximum atomic E-state index is 10.4. The Labute approximate surface area is 90.7 Å². The van der Waals surface area contributed by atoms with Crippen LogP contribution in [0.1, 0.15) is 0 Å². The van der Waals surface area contributed by atoms with Gasteiger partial charge in [0.25, 0.3) is 0 Å². The van der Waals surface area contributed by atoms with E-state index in [0.29, 0.717) is 13.2 Å². The molecule has 5 nitrogen and oxygen atoms in total. The Balaban J connectivity index is 3.37. The molecule has 0 aliphatic rings. The Kier molecular flexibility index (Phi) is 7.89. The van der Waals surface area contributed by atoms with Crippen LogP contribution in [0.25, 0.3) is 0 Å². The molecule has 0 aliphatic heterocycles. The fourth-order valence-corrected chi connectivity index (χ4v) is 0.944. The van der Waals surface area contributed by atoms with Crippen molar-refractivity contribution in [2.24, 2.45) is 0 Å². The Morgan fingerprint density at radius 2 is 2.20 bits per heavy atom. The first-order valence-electron chi connectivity index (χ1n) is 4.87. The van der Waals surface area contributed by atoms with Crippen LogP contribution in [0, 0.1) is 0 Å². The first-order valence-corrected chi connectivity index (χ1v) is 4.87. The van der Waals surface area contributed by atoms with E-state index in [1.807, 2.05) is 7.05 Å². The average molecular weight is 216 g/mol. The molecule has 0 saturated heterocycles. The van der Waals surface area contributed by atoms with Gasteiger partial charge in [0, 0.05) is 38.9 Å². The number of hydrogen-bond donors (Lipinski definition) is 2. The third kappa shape index (κ3) is 8.11. The quantitative estimate of drug-likeness (QED) is 0.413. The fraction of sp³-hybridized carbons (Fsp3) is 0.700. The Morgan fingerprint density at radius 3 is 2.73 bits per heavy atom. The zero-order valence-corrected chi connectivity index (χ0v) is 9.45. The molecule has 0 radical (unpaired) electrons. The molecule has 5 heteroatoms. The lowest BCUT2D eigenvalue weighted by Gasteiger charge is -2.16. The van der Waals surface area contributed by atoms with E-state index in [-0.39, 0.29) is 5.57 Å². The number of likely N-dealkylation sites (N-methyl/N-ethyl adjacent to an activating group) is 1. The summed E-state index contributed by atoms with van der Waals surface area (Å²) in [5.41, 5.74) is 0.189. The lowest BCUT2D eigenvalue weighted by Crippen LogP contribution is -2.32. The highest BCUT2D eigenvalue weighted by molar-refractivity contribution is 5.86. The summed E-state index contributed by atoms with van der Waals surface area (Å²) < 4.78 is 4.93. The number of ether oxygens (including phenoxy) is 1. The molecule has 0 aromatic carbocycles. The van der Waals surface area contributed by atoms with Gasteiger partial charge < -0.3 is 20.1 Å². The number of methoxy groups -OCH3 is 1. The van der Waals surface area contributed by atoms with Crippen molar-refractivity contribution < 1.29 is 14.6 Å². The summed E-state index contributed by atoms with van der Waals surface area (Å²) in [6.45, 7) is 6.93. The van der Waals surface area contributed by atoms with Crippen molar-refractivity contribution in [1.29, 1.82) is 0 Å². The van der Waals surface area contributed by atoms with Crippen molar-refractivity contribution in [2.45, 2.75) is 0 Å². The first-order chi connectivity index (χ1) is 7.07. The Hall–Kier alpha value is -0.910. The van der Waals surface area contributed by atoms with Gasteiger partial charge in [0.2, 0.25) is 0 Å². The SMILES string of the molecule is C=C(CNCCN(C)CCOC)C(=O)O. The van der Waals surface area contributed by atoms with Crippen molar-refractivity contribution in [2.75, 3.05) is 46.9 Å². The highest BCUT2D eigenvalue weighted by atomic mass is 16.5. The third-order valence-corrected chi connectivity index (χ3v) is 1.99. The number of carbonyl (C=O) groups is 1. The molecular weight excluding hydrogens is 196 g/mol. The van der Waals surface area contributed by atoms with Crippen LogP contribution in [0.15, 0.2) is 12.2 Å². The van der Waals surface area contributed by atoms with Gasteiger partial charge >= 0.3 is 5.97 Å².